The van der Waals surface area contributed by atoms with Gasteiger partial charge in [0, 0.05) is 11.1 Å². The van der Waals surface area contributed by atoms with Gasteiger partial charge in [-0.15, -0.1) is 0 Å². The van der Waals surface area contributed by atoms with Crippen molar-refractivity contribution in [3.8, 4) is 0 Å². The molecule has 0 N–H and O–H groups in total. The molecular weight excluding hydrogens is 356 g/mol. The maximum absolute atomic E-state index is 13.0. The highest BCUT2D eigenvalue weighted by Crippen LogP contribution is 2.35. The number of carbonyl (C=O) groups excluding carboxylic acids is 1. The summed E-state index contributed by atoms with van der Waals surface area (Å²) in [6, 6.07) is 7.58. The van der Waals surface area contributed by atoms with Gasteiger partial charge in [0.1, 0.15) is 17.9 Å². The Morgan fingerprint density at radius 3 is 2.50 bits per heavy atom. The number of rotatable bonds is 6. The largest absolute Gasteiger partial charge is 0.331 e. The van der Waals surface area contributed by atoms with E-state index in [-0.39, 0.29) is 30.2 Å². The zero-order chi connectivity index (χ0) is 19.0. The molecule has 2 aromatic rings. The van der Waals surface area contributed by atoms with Crippen molar-refractivity contribution in [1.82, 2.24) is 14.7 Å². The summed E-state index contributed by atoms with van der Waals surface area (Å²) in [5, 5.41) is 16.0. The van der Waals surface area contributed by atoms with Gasteiger partial charge in [-0.25, -0.2) is 0 Å². The lowest BCUT2D eigenvalue weighted by atomic mass is 10.1. The Hall–Kier alpha value is -2.41. The zero-order valence-electron chi connectivity index (χ0n) is 15.0. The van der Waals surface area contributed by atoms with Crippen LogP contribution in [-0.4, -0.2) is 31.6 Å². The first-order valence-corrected chi connectivity index (χ1v) is 8.92. The van der Waals surface area contributed by atoms with Crippen LogP contribution in [0.3, 0.4) is 0 Å². The molecule has 0 bridgehead atoms. The van der Waals surface area contributed by atoms with E-state index in [0.717, 1.165) is 18.4 Å². The first-order chi connectivity index (χ1) is 12.3. The Bertz CT molecular complexity index is 843. The zero-order valence-corrected chi connectivity index (χ0v) is 15.7. The van der Waals surface area contributed by atoms with Crippen LogP contribution in [0.25, 0.3) is 0 Å². The van der Waals surface area contributed by atoms with E-state index in [1.54, 1.807) is 13.8 Å². The van der Waals surface area contributed by atoms with E-state index in [1.807, 2.05) is 36.1 Å². The molecule has 0 aliphatic heterocycles. The van der Waals surface area contributed by atoms with Crippen LogP contribution in [0.1, 0.15) is 42.8 Å². The Morgan fingerprint density at radius 2 is 2.00 bits per heavy atom. The third-order valence-corrected chi connectivity index (χ3v) is 5.06. The third kappa shape index (κ3) is 3.58. The number of halogens is 1. The topological polar surface area (TPSA) is 81.3 Å². The van der Waals surface area contributed by atoms with Crippen molar-refractivity contribution < 1.29 is 9.72 Å². The third-order valence-electron chi connectivity index (χ3n) is 4.81. The van der Waals surface area contributed by atoms with Gasteiger partial charge in [0.05, 0.1) is 11.0 Å². The second-order valence-electron chi connectivity index (χ2n) is 6.69. The Labute approximate surface area is 156 Å². The summed E-state index contributed by atoms with van der Waals surface area (Å²) in [6.07, 6.45) is 1.95. The molecule has 0 spiro atoms. The molecule has 26 heavy (non-hydrogen) atoms. The Kier molecular flexibility index (Phi) is 5.00. The van der Waals surface area contributed by atoms with E-state index >= 15 is 0 Å². The molecule has 1 aliphatic rings. The molecule has 1 fully saturated rings. The summed E-state index contributed by atoms with van der Waals surface area (Å²) in [4.78, 5) is 25.6. The number of amides is 1. The maximum atomic E-state index is 13.0. The minimum atomic E-state index is -0.451. The average molecular weight is 377 g/mol. The van der Waals surface area contributed by atoms with Gasteiger partial charge >= 0.3 is 5.69 Å². The van der Waals surface area contributed by atoms with Crippen molar-refractivity contribution in [3.05, 3.63) is 56.4 Å². The standard InChI is InChI=1S/C18H21ClN4O3/c1-11-18(23(25)26)13(3)21(20-11)10-17(24)22(16-8-9-16)12(2)14-4-6-15(19)7-5-14/h4-7,12,16H,8-10H2,1-3H3. The fourth-order valence-corrected chi connectivity index (χ4v) is 3.43. The molecule has 1 aromatic carbocycles. The second-order valence-corrected chi connectivity index (χ2v) is 7.13. The van der Waals surface area contributed by atoms with Crippen molar-refractivity contribution in [2.45, 2.75) is 52.2 Å². The van der Waals surface area contributed by atoms with Crippen LogP contribution in [0.2, 0.25) is 5.02 Å². The smallest absolute Gasteiger partial charge is 0.312 e. The second kappa shape index (κ2) is 7.07. The highest BCUT2D eigenvalue weighted by atomic mass is 35.5. The van der Waals surface area contributed by atoms with Gasteiger partial charge < -0.3 is 4.90 Å². The maximum Gasteiger partial charge on any atom is 0.312 e. The predicted molar refractivity (Wildman–Crippen MR) is 98.1 cm³/mol. The van der Waals surface area contributed by atoms with Crippen LogP contribution in [0, 0.1) is 24.0 Å². The van der Waals surface area contributed by atoms with Gasteiger partial charge in [0.2, 0.25) is 5.91 Å². The SMILES string of the molecule is Cc1nn(CC(=O)N(C2CC2)C(C)c2ccc(Cl)cc2)c(C)c1[N+](=O)[O-]. The van der Waals surface area contributed by atoms with Crippen LogP contribution >= 0.6 is 11.6 Å². The fraction of sp³-hybridized carbons (Fsp3) is 0.444. The van der Waals surface area contributed by atoms with Crippen LogP contribution in [0.15, 0.2) is 24.3 Å². The fourth-order valence-electron chi connectivity index (χ4n) is 3.31. The van der Waals surface area contributed by atoms with Crippen LogP contribution in [0.4, 0.5) is 5.69 Å². The molecule has 1 aliphatic carbocycles. The number of hydrogen-bond acceptors (Lipinski definition) is 4. The molecule has 1 saturated carbocycles. The lowest BCUT2D eigenvalue weighted by Gasteiger charge is -2.30. The van der Waals surface area contributed by atoms with E-state index in [1.165, 1.54) is 4.68 Å². The van der Waals surface area contributed by atoms with E-state index in [0.29, 0.717) is 16.4 Å². The van der Waals surface area contributed by atoms with Crippen LogP contribution in [0.5, 0.6) is 0 Å². The van der Waals surface area contributed by atoms with E-state index in [2.05, 4.69) is 5.10 Å². The lowest BCUT2D eigenvalue weighted by Crippen LogP contribution is -2.38. The molecule has 8 heteroatoms. The summed E-state index contributed by atoms with van der Waals surface area (Å²) in [5.74, 6) is -0.0875. The first kappa shape index (κ1) is 18.4. The molecule has 1 unspecified atom stereocenters. The Morgan fingerprint density at radius 1 is 1.38 bits per heavy atom. The summed E-state index contributed by atoms with van der Waals surface area (Å²) in [5.41, 5.74) is 1.70. The van der Waals surface area contributed by atoms with Gasteiger partial charge in [-0.3, -0.25) is 19.6 Å². The van der Waals surface area contributed by atoms with Gasteiger partial charge in [-0.05, 0) is 51.3 Å². The molecule has 3 rings (SSSR count). The molecule has 7 nitrogen and oxygen atoms in total. The molecule has 1 aromatic heterocycles. The minimum absolute atomic E-state index is 0.00502. The normalized spacial score (nSPS) is 14.9. The molecule has 0 saturated heterocycles. The van der Waals surface area contributed by atoms with Crippen molar-refractivity contribution in [3.63, 3.8) is 0 Å². The van der Waals surface area contributed by atoms with Crippen LogP contribution in [-0.2, 0) is 11.3 Å². The summed E-state index contributed by atoms with van der Waals surface area (Å²) in [6.45, 7) is 5.19. The van der Waals surface area contributed by atoms with Crippen molar-refractivity contribution in [2.24, 2.45) is 0 Å². The number of hydrogen-bond donors (Lipinski definition) is 0. The van der Waals surface area contributed by atoms with Gasteiger partial charge in [-0.2, -0.15) is 5.10 Å². The highest BCUT2D eigenvalue weighted by molar-refractivity contribution is 6.30. The number of aromatic nitrogens is 2. The molecule has 1 atom stereocenters. The van der Waals surface area contributed by atoms with Crippen molar-refractivity contribution >= 4 is 23.2 Å². The quantitative estimate of drug-likeness (QED) is 0.567. The van der Waals surface area contributed by atoms with Crippen molar-refractivity contribution in [1.29, 1.82) is 0 Å². The van der Waals surface area contributed by atoms with Crippen molar-refractivity contribution in [2.75, 3.05) is 0 Å². The summed E-state index contributed by atoms with van der Waals surface area (Å²) >= 11 is 5.95. The van der Waals surface area contributed by atoms with Crippen LogP contribution < -0.4 is 0 Å². The highest BCUT2D eigenvalue weighted by Gasteiger charge is 2.37. The number of carbonyl (C=O) groups is 1. The number of benzene rings is 1. The number of nitrogens with zero attached hydrogens (tertiary/aromatic N) is 4. The molecular formula is C18H21ClN4O3. The summed E-state index contributed by atoms with van der Waals surface area (Å²) < 4.78 is 1.43. The number of nitro groups is 1. The molecule has 138 valence electrons. The van der Waals surface area contributed by atoms with Gasteiger partial charge in [-0.1, -0.05) is 23.7 Å². The van der Waals surface area contributed by atoms with E-state index in [9.17, 15) is 14.9 Å². The van der Waals surface area contributed by atoms with Gasteiger partial charge in [0.25, 0.3) is 0 Å². The first-order valence-electron chi connectivity index (χ1n) is 8.54. The van der Waals surface area contributed by atoms with E-state index < -0.39 is 4.92 Å². The predicted octanol–water partition coefficient (Wildman–Crippen LogP) is 3.81. The molecule has 1 amide bonds. The molecule has 0 radical (unpaired) electrons. The average Bonchev–Trinajstić information content (AvgIpc) is 3.34. The monoisotopic (exact) mass is 376 g/mol. The van der Waals surface area contributed by atoms with E-state index in [4.69, 9.17) is 11.6 Å². The lowest BCUT2D eigenvalue weighted by molar-refractivity contribution is -0.386. The summed E-state index contributed by atoms with van der Waals surface area (Å²) in [7, 11) is 0. The minimum Gasteiger partial charge on any atom is -0.331 e. The molecule has 1 heterocycles. The Balaban J connectivity index is 1.83. The van der Waals surface area contributed by atoms with Gasteiger partial charge in [0.15, 0.2) is 0 Å². The number of aryl methyl sites for hydroxylation is 1.